The van der Waals surface area contributed by atoms with Crippen molar-refractivity contribution in [2.75, 3.05) is 13.1 Å². The lowest BCUT2D eigenvalue weighted by molar-refractivity contribution is -0.136. The number of imide groups is 1. The SMILES string of the molecule is [C-]#[N+]c1cccc(C(=O)N2CCC(c3cc4c(cc3F)C(=O)N(C3CCC(=O)NC3=O)C4)CC2)c1. The highest BCUT2D eigenvalue weighted by Crippen LogP contribution is 2.35. The first-order valence-electron chi connectivity index (χ1n) is 11.6. The first-order valence-corrected chi connectivity index (χ1v) is 11.6. The Hall–Kier alpha value is -4.06. The molecule has 2 fully saturated rings. The van der Waals surface area contributed by atoms with Crippen molar-refractivity contribution in [1.29, 1.82) is 0 Å². The normalized spacial score (nSPS) is 20.5. The summed E-state index contributed by atoms with van der Waals surface area (Å²) in [6.07, 6.45) is 1.57. The molecule has 0 spiro atoms. The van der Waals surface area contributed by atoms with E-state index in [-0.39, 0.29) is 42.7 Å². The minimum atomic E-state index is -0.741. The molecule has 2 saturated heterocycles. The molecule has 0 saturated carbocycles. The summed E-state index contributed by atoms with van der Waals surface area (Å²) in [5, 5.41) is 2.27. The van der Waals surface area contributed by atoms with Crippen LogP contribution in [0.15, 0.2) is 36.4 Å². The molecule has 0 aliphatic carbocycles. The largest absolute Gasteiger partial charge is 0.339 e. The molecule has 2 aromatic carbocycles. The molecule has 3 aliphatic rings. The third-order valence-electron chi connectivity index (χ3n) is 7.09. The van der Waals surface area contributed by atoms with E-state index < -0.39 is 23.7 Å². The summed E-state index contributed by atoms with van der Waals surface area (Å²) in [6, 6.07) is 8.84. The number of hydrogen-bond donors (Lipinski definition) is 1. The van der Waals surface area contributed by atoms with Crippen molar-refractivity contribution >= 4 is 29.3 Å². The second-order valence-corrected chi connectivity index (χ2v) is 9.16. The Morgan fingerprint density at radius 2 is 1.86 bits per heavy atom. The van der Waals surface area contributed by atoms with Gasteiger partial charge in [-0.3, -0.25) is 24.5 Å². The van der Waals surface area contributed by atoms with Crippen molar-refractivity contribution in [3.8, 4) is 0 Å². The summed E-state index contributed by atoms with van der Waals surface area (Å²) in [6.45, 7) is 8.25. The molecule has 9 heteroatoms. The molecule has 3 aliphatic heterocycles. The molecule has 2 aromatic rings. The van der Waals surface area contributed by atoms with Crippen molar-refractivity contribution in [3.05, 3.63) is 75.9 Å². The van der Waals surface area contributed by atoms with Gasteiger partial charge in [0.05, 0.1) is 6.57 Å². The lowest BCUT2D eigenvalue weighted by Crippen LogP contribution is -2.52. The maximum atomic E-state index is 15.1. The van der Waals surface area contributed by atoms with E-state index in [0.717, 1.165) is 0 Å². The molecule has 178 valence electrons. The van der Waals surface area contributed by atoms with Crippen LogP contribution in [0.4, 0.5) is 10.1 Å². The molecule has 0 radical (unpaired) electrons. The number of hydrogen-bond acceptors (Lipinski definition) is 4. The van der Waals surface area contributed by atoms with Crippen LogP contribution in [0.5, 0.6) is 0 Å². The first-order chi connectivity index (χ1) is 16.9. The highest BCUT2D eigenvalue weighted by atomic mass is 19.1. The molecule has 8 nitrogen and oxygen atoms in total. The third kappa shape index (κ3) is 4.16. The minimum absolute atomic E-state index is 0.0984. The van der Waals surface area contributed by atoms with Gasteiger partial charge in [0, 0.05) is 37.2 Å². The van der Waals surface area contributed by atoms with Gasteiger partial charge >= 0.3 is 0 Å². The van der Waals surface area contributed by atoms with Gasteiger partial charge in [-0.25, -0.2) is 9.24 Å². The van der Waals surface area contributed by atoms with Crippen LogP contribution in [0.2, 0.25) is 0 Å². The molecule has 35 heavy (non-hydrogen) atoms. The Kier molecular flexibility index (Phi) is 5.81. The average Bonchev–Trinajstić information content (AvgIpc) is 3.18. The molecule has 4 amide bonds. The number of likely N-dealkylation sites (tertiary alicyclic amines) is 1. The number of carbonyl (C=O) groups excluding carboxylic acids is 4. The van der Waals surface area contributed by atoms with Gasteiger partial charge in [-0.05, 0) is 48.4 Å². The van der Waals surface area contributed by atoms with Gasteiger partial charge in [0.15, 0.2) is 5.69 Å². The predicted octanol–water partition coefficient (Wildman–Crippen LogP) is 3.16. The van der Waals surface area contributed by atoms with Crippen molar-refractivity contribution in [2.45, 2.75) is 44.2 Å². The average molecular weight is 474 g/mol. The van der Waals surface area contributed by atoms with Crippen LogP contribution in [-0.2, 0) is 16.1 Å². The van der Waals surface area contributed by atoms with Gasteiger partial charge in [0.1, 0.15) is 11.9 Å². The van der Waals surface area contributed by atoms with Gasteiger partial charge in [0.25, 0.3) is 11.8 Å². The van der Waals surface area contributed by atoms with E-state index >= 15 is 4.39 Å². The van der Waals surface area contributed by atoms with E-state index in [1.54, 1.807) is 35.2 Å². The Morgan fingerprint density at radius 3 is 2.57 bits per heavy atom. The van der Waals surface area contributed by atoms with Gasteiger partial charge in [-0.1, -0.05) is 24.3 Å². The van der Waals surface area contributed by atoms with E-state index in [1.165, 1.54) is 11.0 Å². The zero-order chi connectivity index (χ0) is 24.7. The molecule has 5 rings (SSSR count). The van der Waals surface area contributed by atoms with Crippen molar-refractivity contribution in [1.82, 2.24) is 15.1 Å². The summed E-state index contributed by atoms with van der Waals surface area (Å²) in [4.78, 5) is 55.9. The minimum Gasteiger partial charge on any atom is -0.339 e. The van der Waals surface area contributed by atoms with Crippen molar-refractivity contribution < 1.29 is 23.6 Å². The fraction of sp³-hybridized carbons (Fsp3) is 0.346. The van der Waals surface area contributed by atoms with Crippen LogP contribution in [0.25, 0.3) is 4.85 Å². The van der Waals surface area contributed by atoms with Gasteiger partial charge in [0.2, 0.25) is 11.8 Å². The lowest BCUT2D eigenvalue weighted by Gasteiger charge is -2.32. The van der Waals surface area contributed by atoms with Crippen LogP contribution in [0, 0.1) is 12.4 Å². The van der Waals surface area contributed by atoms with Crippen LogP contribution in [-0.4, -0.2) is 52.6 Å². The summed E-state index contributed by atoms with van der Waals surface area (Å²) in [7, 11) is 0. The van der Waals surface area contributed by atoms with Crippen molar-refractivity contribution in [3.63, 3.8) is 0 Å². The van der Waals surface area contributed by atoms with E-state index in [0.29, 0.717) is 48.3 Å². The monoisotopic (exact) mass is 474 g/mol. The number of piperidine rings is 2. The van der Waals surface area contributed by atoms with Crippen LogP contribution in [0.3, 0.4) is 0 Å². The number of fused-ring (bicyclic) bond motifs is 1. The Labute approximate surface area is 201 Å². The Morgan fingerprint density at radius 1 is 1.09 bits per heavy atom. The molecule has 1 atom stereocenters. The van der Waals surface area contributed by atoms with Gasteiger partial charge in [-0.2, -0.15) is 0 Å². The Bertz CT molecular complexity index is 1290. The smallest absolute Gasteiger partial charge is 0.255 e. The van der Waals surface area contributed by atoms with Crippen LogP contribution in [0.1, 0.15) is 63.4 Å². The van der Waals surface area contributed by atoms with E-state index in [4.69, 9.17) is 6.57 Å². The molecule has 0 aromatic heterocycles. The van der Waals surface area contributed by atoms with Gasteiger partial charge < -0.3 is 9.80 Å². The van der Waals surface area contributed by atoms with Crippen LogP contribution < -0.4 is 5.32 Å². The topological polar surface area (TPSA) is 91.2 Å². The quantitative estimate of drug-likeness (QED) is 0.547. The summed E-state index contributed by atoms with van der Waals surface area (Å²) >= 11 is 0. The van der Waals surface area contributed by atoms with Crippen LogP contribution >= 0.6 is 0 Å². The fourth-order valence-electron chi connectivity index (χ4n) is 5.21. The van der Waals surface area contributed by atoms with E-state index in [9.17, 15) is 19.2 Å². The molecular weight excluding hydrogens is 451 g/mol. The summed E-state index contributed by atoms with van der Waals surface area (Å²) in [5.74, 6) is -1.96. The number of halogens is 1. The maximum absolute atomic E-state index is 15.1. The highest BCUT2D eigenvalue weighted by molar-refractivity contribution is 6.05. The second-order valence-electron chi connectivity index (χ2n) is 9.16. The number of amides is 4. The number of rotatable bonds is 3. The molecule has 3 heterocycles. The lowest BCUT2D eigenvalue weighted by atomic mass is 9.87. The van der Waals surface area contributed by atoms with E-state index in [1.807, 2.05) is 0 Å². The highest BCUT2D eigenvalue weighted by Gasteiger charge is 2.40. The van der Waals surface area contributed by atoms with E-state index in [2.05, 4.69) is 10.2 Å². The number of nitrogens with one attached hydrogen (secondary N) is 1. The van der Waals surface area contributed by atoms with Crippen molar-refractivity contribution in [2.24, 2.45) is 0 Å². The first kappa shape index (κ1) is 22.7. The molecule has 1 unspecified atom stereocenters. The molecular formula is C26H23FN4O4. The fourth-order valence-corrected chi connectivity index (χ4v) is 5.21. The summed E-state index contributed by atoms with van der Waals surface area (Å²) in [5.41, 5.74) is 2.32. The standard InChI is InChI=1S/C26H23FN4O4/c1-28-18-4-2-3-16(11-18)25(34)30-9-7-15(8-10-30)19-12-17-14-31(26(35)20(17)13-21(19)27)22-5-6-23(32)29-24(22)33/h2-4,11-13,15,22H,5-10,14H2,(H,29,32,33). The predicted molar refractivity (Wildman–Crippen MR) is 123 cm³/mol. The third-order valence-corrected chi connectivity index (χ3v) is 7.09. The zero-order valence-electron chi connectivity index (χ0n) is 18.9. The second kappa shape index (κ2) is 8.95. The summed E-state index contributed by atoms with van der Waals surface area (Å²) < 4.78 is 15.1. The Balaban J connectivity index is 1.29. The number of nitrogens with zero attached hydrogens (tertiary/aromatic N) is 3. The molecule has 0 bridgehead atoms. The number of benzene rings is 2. The number of carbonyl (C=O) groups is 4. The maximum Gasteiger partial charge on any atom is 0.255 e. The molecule has 1 N–H and O–H groups in total. The van der Waals surface area contributed by atoms with Gasteiger partial charge in [-0.15, -0.1) is 0 Å². The zero-order valence-corrected chi connectivity index (χ0v) is 18.9.